The third kappa shape index (κ3) is 2.19. The second kappa shape index (κ2) is 5.03. The third-order valence-electron chi connectivity index (χ3n) is 2.25. The minimum absolute atomic E-state index is 0. The fraction of sp³-hybridized carbons (Fsp3) is 0.300. The van der Waals surface area contributed by atoms with Gasteiger partial charge in [-0.05, 0) is 12.1 Å². The number of alkyl carbamates (subject to hydrolysis) is 1. The predicted octanol–water partition coefficient (Wildman–Crippen LogP) is 2.04. The Kier molecular flexibility index (Phi) is 3.95. The first kappa shape index (κ1) is 12.6. The Morgan fingerprint density at radius 2 is 2.31 bits per heavy atom. The first-order valence-corrected chi connectivity index (χ1v) is 4.48. The number of benzene rings is 1. The number of carbonyl (C=O) groups is 1. The fourth-order valence-corrected chi connectivity index (χ4v) is 1.57. The smallest absolute Gasteiger partial charge is 0.407 e. The molecule has 0 bridgehead atoms. The van der Waals surface area contributed by atoms with Crippen molar-refractivity contribution in [1.29, 1.82) is 0 Å². The average molecular weight is 248 g/mol. The first-order chi connectivity index (χ1) is 7.22. The van der Waals surface area contributed by atoms with Crippen LogP contribution in [0.4, 0.5) is 9.18 Å². The molecule has 0 aromatic heterocycles. The van der Waals surface area contributed by atoms with Crippen LogP contribution in [0.15, 0.2) is 18.2 Å². The molecule has 1 N–H and O–H groups in total. The van der Waals surface area contributed by atoms with Gasteiger partial charge in [-0.1, -0.05) is 6.07 Å². The molecule has 0 aliphatic carbocycles. The maximum absolute atomic E-state index is 13.5. The molecule has 16 heavy (non-hydrogen) atoms. The molecule has 0 spiro atoms. The van der Waals surface area contributed by atoms with Crippen LogP contribution in [-0.2, 0) is 4.74 Å². The zero-order chi connectivity index (χ0) is 10.8. The summed E-state index contributed by atoms with van der Waals surface area (Å²) in [5, 5.41) is 2.50. The van der Waals surface area contributed by atoms with Crippen molar-refractivity contribution >= 4 is 18.5 Å². The van der Waals surface area contributed by atoms with Crippen molar-refractivity contribution in [3.05, 3.63) is 29.6 Å². The zero-order valence-electron chi connectivity index (χ0n) is 8.53. The molecule has 0 saturated carbocycles. The molecule has 4 nitrogen and oxygen atoms in total. The molecule has 88 valence electrons. The van der Waals surface area contributed by atoms with Crippen molar-refractivity contribution in [2.45, 2.75) is 6.04 Å². The number of halogens is 2. The van der Waals surface area contributed by atoms with Crippen molar-refractivity contribution in [3.8, 4) is 5.75 Å². The lowest BCUT2D eigenvalue weighted by Crippen LogP contribution is -2.20. The van der Waals surface area contributed by atoms with E-state index in [0.29, 0.717) is 11.3 Å². The highest BCUT2D eigenvalue weighted by molar-refractivity contribution is 5.85. The molecule has 1 aliphatic heterocycles. The van der Waals surface area contributed by atoms with Crippen molar-refractivity contribution in [1.82, 2.24) is 5.32 Å². The Labute approximate surface area is 98.1 Å². The SMILES string of the molecule is COc1cccc(F)c1[C@@H]1COC(=O)N1.Cl. The molecule has 1 atom stereocenters. The quantitative estimate of drug-likeness (QED) is 0.870. The van der Waals surface area contributed by atoms with Gasteiger partial charge in [-0.25, -0.2) is 9.18 Å². The number of carbonyl (C=O) groups excluding carboxylic acids is 1. The van der Waals surface area contributed by atoms with Gasteiger partial charge in [0.15, 0.2) is 0 Å². The zero-order valence-corrected chi connectivity index (χ0v) is 9.34. The number of methoxy groups -OCH3 is 1. The molecule has 1 aliphatic rings. The standard InChI is InChI=1S/C10H10FNO3.ClH/c1-14-8-4-2-3-6(11)9(8)7-5-15-10(13)12-7;/h2-4,7H,5H2,1H3,(H,12,13);1H/t7-;/m0./s1. The monoisotopic (exact) mass is 247 g/mol. The van der Waals surface area contributed by atoms with Gasteiger partial charge in [0.2, 0.25) is 0 Å². The maximum atomic E-state index is 13.5. The summed E-state index contributed by atoms with van der Waals surface area (Å²) in [6.07, 6.45) is -0.537. The molecule has 0 radical (unpaired) electrons. The molecule has 2 rings (SSSR count). The molecule has 0 unspecified atom stereocenters. The van der Waals surface area contributed by atoms with Crippen LogP contribution in [0.1, 0.15) is 11.6 Å². The fourth-order valence-electron chi connectivity index (χ4n) is 1.57. The Morgan fingerprint density at radius 3 is 2.88 bits per heavy atom. The van der Waals surface area contributed by atoms with Crippen molar-refractivity contribution in [2.75, 3.05) is 13.7 Å². The number of ether oxygens (including phenoxy) is 2. The summed E-state index contributed by atoms with van der Waals surface area (Å²) in [5.41, 5.74) is 0.325. The minimum Gasteiger partial charge on any atom is -0.496 e. The van der Waals surface area contributed by atoms with Crippen LogP contribution < -0.4 is 10.1 Å². The molecular formula is C10H11ClFNO3. The lowest BCUT2D eigenvalue weighted by molar-refractivity contribution is 0.176. The van der Waals surface area contributed by atoms with E-state index < -0.39 is 18.0 Å². The van der Waals surface area contributed by atoms with E-state index in [1.807, 2.05) is 0 Å². The van der Waals surface area contributed by atoms with Gasteiger partial charge < -0.3 is 14.8 Å². The van der Waals surface area contributed by atoms with Crippen LogP contribution in [0.25, 0.3) is 0 Å². The van der Waals surface area contributed by atoms with Crippen LogP contribution in [0.3, 0.4) is 0 Å². The summed E-state index contributed by atoms with van der Waals surface area (Å²) in [5.74, 6) is -0.00375. The second-order valence-electron chi connectivity index (χ2n) is 3.15. The normalized spacial score (nSPS) is 18.4. The highest BCUT2D eigenvalue weighted by atomic mass is 35.5. The van der Waals surface area contributed by atoms with Crippen LogP contribution in [0, 0.1) is 5.82 Å². The number of nitrogens with one attached hydrogen (secondary N) is 1. The lowest BCUT2D eigenvalue weighted by Gasteiger charge is -2.13. The van der Waals surface area contributed by atoms with E-state index in [0.717, 1.165) is 0 Å². The van der Waals surface area contributed by atoms with Gasteiger partial charge in [-0.3, -0.25) is 0 Å². The summed E-state index contributed by atoms with van der Waals surface area (Å²) in [6, 6.07) is 4.04. The van der Waals surface area contributed by atoms with E-state index in [4.69, 9.17) is 9.47 Å². The van der Waals surface area contributed by atoms with Crippen LogP contribution in [0.5, 0.6) is 5.75 Å². The molecule has 1 heterocycles. The van der Waals surface area contributed by atoms with Gasteiger partial charge >= 0.3 is 6.09 Å². The predicted molar refractivity (Wildman–Crippen MR) is 57.4 cm³/mol. The second-order valence-corrected chi connectivity index (χ2v) is 3.15. The van der Waals surface area contributed by atoms with E-state index in [1.54, 1.807) is 12.1 Å². The number of rotatable bonds is 2. The van der Waals surface area contributed by atoms with Crippen LogP contribution in [-0.4, -0.2) is 19.8 Å². The van der Waals surface area contributed by atoms with Crippen molar-refractivity contribution in [2.24, 2.45) is 0 Å². The summed E-state index contributed by atoms with van der Waals surface area (Å²) in [7, 11) is 1.45. The number of cyclic esters (lactones) is 1. The average Bonchev–Trinajstić information content (AvgIpc) is 2.64. The Morgan fingerprint density at radius 1 is 1.56 bits per heavy atom. The largest absolute Gasteiger partial charge is 0.496 e. The Hall–Kier alpha value is -1.49. The minimum atomic E-state index is -0.537. The maximum Gasteiger partial charge on any atom is 0.407 e. The summed E-state index contributed by atoms with van der Waals surface area (Å²) < 4.78 is 23.3. The van der Waals surface area contributed by atoms with E-state index in [1.165, 1.54) is 13.2 Å². The number of amides is 1. The molecule has 1 fully saturated rings. The molecule has 1 aromatic rings. The molecule has 1 saturated heterocycles. The molecule has 1 amide bonds. The summed E-state index contributed by atoms with van der Waals surface area (Å²) >= 11 is 0. The summed E-state index contributed by atoms with van der Waals surface area (Å²) in [6.45, 7) is 0.121. The van der Waals surface area contributed by atoms with Gasteiger partial charge in [0.1, 0.15) is 18.2 Å². The topological polar surface area (TPSA) is 47.6 Å². The van der Waals surface area contributed by atoms with Crippen LogP contribution >= 0.6 is 12.4 Å². The summed E-state index contributed by atoms with van der Waals surface area (Å²) in [4.78, 5) is 10.8. The van der Waals surface area contributed by atoms with Gasteiger partial charge in [0, 0.05) is 0 Å². The van der Waals surface area contributed by atoms with E-state index in [-0.39, 0.29) is 19.0 Å². The lowest BCUT2D eigenvalue weighted by atomic mass is 10.1. The van der Waals surface area contributed by atoms with Gasteiger partial charge in [0.05, 0.1) is 18.7 Å². The number of hydrogen-bond donors (Lipinski definition) is 1. The highest BCUT2D eigenvalue weighted by Crippen LogP contribution is 2.29. The molecular weight excluding hydrogens is 237 g/mol. The third-order valence-corrected chi connectivity index (χ3v) is 2.25. The van der Waals surface area contributed by atoms with Crippen molar-refractivity contribution < 1.29 is 18.7 Å². The van der Waals surface area contributed by atoms with Gasteiger partial charge in [-0.15, -0.1) is 12.4 Å². The Bertz CT molecular complexity index is 400. The molecule has 1 aromatic carbocycles. The van der Waals surface area contributed by atoms with Crippen LogP contribution in [0.2, 0.25) is 0 Å². The van der Waals surface area contributed by atoms with E-state index in [9.17, 15) is 9.18 Å². The van der Waals surface area contributed by atoms with Crippen molar-refractivity contribution in [3.63, 3.8) is 0 Å². The Balaban J connectivity index is 0.00000128. The van der Waals surface area contributed by atoms with Gasteiger partial charge in [0.25, 0.3) is 0 Å². The van der Waals surface area contributed by atoms with E-state index >= 15 is 0 Å². The van der Waals surface area contributed by atoms with Gasteiger partial charge in [-0.2, -0.15) is 0 Å². The molecule has 6 heteroatoms. The number of hydrogen-bond acceptors (Lipinski definition) is 3. The highest BCUT2D eigenvalue weighted by Gasteiger charge is 2.28. The van der Waals surface area contributed by atoms with E-state index in [2.05, 4.69) is 5.32 Å². The first-order valence-electron chi connectivity index (χ1n) is 4.48.